The summed E-state index contributed by atoms with van der Waals surface area (Å²) in [4.78, 5) is 2.82. The van der Waals surface area contributed by atoms with Crippen molar-refractivity contribution in [2.75, 3.05) is 0 Å². The van der Waals surface area contributed by atoms with Gasteiger partial charge in [-0.1, -0.05) is 149 Å². The minimum absolute atomic E-state index is 0. The Morgan fingerprint density at radius 2 is 1.05 bits per heavy atom. The zero-order valence-electron chi connectivity index (χ0n) is 28.1. The van der Waals surface area contributed by atoms with E-state index < -0.39 is 0 Å². The van der Waals surface area contributed by atoms with Crippen LogP contribution in [0.5, 0.6) is 0 Å². The van der Waals surface area contributed by atoms with Gasteiger partial charge in [-0.15, -0.1) is 0 Å². The number of hydrogen-bond donors (Lipinski definition) is 0. The van der Waals surface area contributed by atoms with Gasteiger partial charge in [-0.3, -0.25) is 4.90 Å². The smallest absolute Gasteiger partial charge is 1.00 e. The summed E-state index contributed by atoms with van der Waals surface area (Å²) in [7, 11) is 0. The number of allylic oxidation sites excluding steroid dienone is 2. The van der Waals surface area contributed by atoms with Crippen LogP contribution in [0.3, 0.4) is 0 Å². The summed E-state index contributed by atoms with van der Waals surface area (Å²) in [5, 5.41) is 0. The van der Waals surface area contributed by atoms with Gasteiger partial charge < -0.3 is 24.8 Å². The van der Waals surface area contributed by atoms with E-state index in [0.717, 1.165) is 5.92 Å². The molecule has 1 nitrogen and oxygen atoms in total. The fourth-order valence-electron chi connectivity index (χ4n) is 7.25. The third-order valence-corrected chi connectivity index (χ3v) is 10.4. The van der Waals surface area contributed by atoms with E-state index in [2.05, 4.69) is 105 Å². The molecule has 0 spiro atoms. The minimum atomic E-state index is 0. The van der Waals surface area contributed by atoms with Crippen molar-refractivity contribution in [2.45, 2.75) is 183 Å². The molecule has 0 aromatic heterocycles. The third-order valence-electron chi connectivity index (χ3n) is 10.4. The number of unbranched alkanes of at least 4 members (excludes halogenated alkanes) is 10. The Balaban J connectivity index is -0.00000432. The SMILES string of the molecule is CCCCCCCCCCC(C)(C(C)CCCCCC)C(C)(C)C(C)(C)N(C1C=CC=C1)C(C)(C)C.[Cl-].[Cl-].[Zr+2]. The molecule has 0 radical (unpaired) electrons. The summed E-state index contributed by atoms with van der Waals surface area (Å²) in [6.07, 6.45) is 28.7. The largest absolute Gasteiger partial charge is 2.00 e. The predicted octanol–water partition coefficient (Wildman–Crippen LogP) is 5.54. The summed E-state index contributed by atoms with van der Waals surface area (Å²) in [5.41, 5.74) is 0.582. The van der Waals surface area contributed by atoms with Gasteiger partial charge in [0.1, 0.15) is 0 Å². The Morgan fingerprint density at radius 3 is 1.49 bits per heavy atom. The van der Waals surface area contributed by atoms with Crippen LogP contribution < -0.4 is 24.8 Å². The van der Waals surface area contributed by atoms with E-state index in [4.69, 9.17) is 0 Å². The molecule has 2 atom stereocenters. The van der Waals surface area contributed by atoms with Gasteiger partial charge in [0.05, 0.1) is 0 Å². The zero-order valence-corrected chi connectivity index (χ0v) is 32.0. The van der Waals surface area contributed by atoms with Gasteiger partial charge in [0, 0.05) is 17.1 Å². The second-order valence-electron chi connectivity index (χ2n) is 14.4. The molecular weight excluding hydrogens is 597 g/mol. The third kappa shape index (κ3) is 12.6. The fourth-order valence-corrected chi connectivity index (χ4v) is 7.25. The summed E-state index contributed by atoms with van der Waals surface area (Å²) in [5.74, 6) is 0.727. The molecule has 0 heterocycles. The molecule has 0 saturated carbocycles. The first-order chi connectivity index (χ1) is 16.8. The number of rotatable bonds is 19. The molecule has 0 fully saturated rings. The molecule has 0 amide bonds. The second kappa shape index (κ2) is 20.7. The Hall–Kier alpha value is 0.903. The van der Waals surface area contributed by atoms with E-state index in [1.165, 1.54) is 89.9 Å². The van der Waals surface area contributed by atoms with Gasteiger partial charge >= 0.3 is 26.2 Å². The van der Waals surface area contributed by atoms with E-state index in [0.29, 0.717) is 11.5 Å². The predicted molar refractivity (Wildman–Crippen MR) is 165 cm³/mol. The molecule has 0 bridgehead atoms. The van der Waals surface area contributed by atoms with Crippen LogP contribution in [0.4, 0.5) is 0 Å². The van der Waals surface area contributed by atoms with E-state index in [1.807, 2.05) is 0 Å². The molecule has 1 aliphatic rings. The van der Waals surface area contributed by atoms with Crippen LogP contribution in [0, 0.1) is 16.7 Å². The first kappa shape index (κ1) is 44.3. The van der Waals surface area contributed by atoms with Crippen LogP contribution in [0.1, 0.15) is 166 Å². The molecule has 39 heavy (non-hydrogen) atoms. The number of hydrogen-bond acceptors (Lipinski definition) is 1. The van der Waals surface area contributed by atoms with Crippen molar-refractivity contribution in [2.24, 2.45) is 16.7 Å². The topological polar surface area (TPSA) is 3.24 Å². The van der Waals surface area contributed by atoms with Crippen molar-refractivity contribution in [3.63, 3.8) is 0 Å². The molecular formula is C35H67Cl2NZr. The monoisotopic (exact) mass is 661 g/mol. The Morgan fingerprint density at radius 1 is 0.641 bits per heavy atom. The Bertz CT molecular complexity index is 652. The first-order valence-electron chi connectivity index (χ1n) is 15.9. The summed E-state index contributed by atoms with van der Waals surface area (Å²) < 4.78 is 0. The van der Waals surface area contributed by atoms with E-state index in [9.17, 15) is 0 Å². The summed E-state index contributed by atoms with van der Waals surface area (Å²) in [6, 6.07) is 0.381. The fraction of sp³-hybridized carbons (Fsp3) is 0.886. The van der Waals surface area contributed by atoms with Crippen LogP contribution in [-0.4, -0.2) is 22.0 Å². The Labute approximate surface area is 278 Å². The van der Waals surface area contributed by atoms with Crippen molar-refractivity contribution >= 4 is 0 Å². The van der Waals surface area contributed by atoms with Crippen molar-refractivity contribution < 1.29 is 51.0 Å². The van der Waals surface area contributed by atoms with Crippen LogP contribution in [0.25, 0.3) is 0 Å². The maximum Gasteiger partial charge on any atom is 2.00 e. The van der Waals surface area contributed by atoms with Gasteiger partial charge in [0.15, 0.2) is 0 Å². The molecule has 1 rings (SSSR count). The van der Waals surface area contributed by atoms with Crippen molar-refractivity contribution in [1.29, 1.82) is 0 Å². The minimum Gasteiger partial charge on any atom is -1.00 e. The van der Waals surface area contributed by atoms with Gasteiger partial charge in [0.25, 0.3) is 0 Å². The molecule has 0 aromatic rings. The maximum atomic E-state index is 2.82. The van der Waals surface area contributed by atoms with E-state index >= 15 is 0 Å². The van der Waals surface area contributed by atoms with E-state index in [1.54, 1.807) is 0 Å². The van der Waals surface area contributed by atoms with E-state index in [-0.39, 0.29) is 67.5 Å². The normalized spacial score (nSPS) is 16.4. The molecule has 230 valence electrons. The van der Waals surface area contributed by atoms with Crippen LogP contribution in [-0.2, 0) is 26.2 Å². The Kier molecular flexibility index (Phi) is 23.6. The average Bonchev–Trinajstić information content (AvgIpc) is 3.30. The number of nitrogens with zero attached hydrogens (tertiary/aromatic N) is 1. The van der Waals surface area contributed by atoms with Gasteiger partial charge in [-0.05, 0) is 57.8 Å². The summed E-state index contributed by atoms with van der Waals surface area (Å²) >= 11 is 0. The average molecular weight is 664 g/mol. The molecule has 4 heteroatoms. The maximum absolute atomic E-state index is 2.82. The standard InChI is InChI=1S/C35H67N.2ClH.Zr/c1-12-14-16-18-19-20-21-25-29-35(11,30(3)26-22-17-15-13-2)33(7,8)34(9,10)36(32(4,5)6)31-27-23-24-28-31;;;/h23-24,27-28,30-31H,12-22,25-26,29H2,1-11H3;2*1H;/q;;;+2/p-2. The molecule has 2 unspecified atom stereocenters. The van der Waals surface area contributed by atoms with Crippen molar-refractivity contribution in [3.8, 4) is 0 Å². The molecule has 0 N–H and O–H groups in total. The number of halogens is 2. The van der Waals surface area contributed by atoms with Crippen LogP contribution >= 0.6 is 0 Å². The zero-order chi connectivity index (χ0) is 27.5. The second-order valence-corrected chi connectivity index (χ2v) is 14.4. The molecule has 0 saturated heterocycles. The molecule has 1 aliphatic carbocycles. The van der Waals surface area contributed by atoms with Crippen LogP contribution in [0.2, 0.25) is 0 Å². The first-order valence-corrected chi connectivity index (χ1v) is 15.9. The molecule has 0 aromatic carbocycles. The quantitative estimate of drug-likeness (QED) is 0.164. The summed E-state index contributed by atoms with van der Waals surface area (Å²) in [6.45, 7) is 27.5. The van der Waals surface area contributed by atoms with Crippen molar-refractivity contribution in [1.82, 2.24) is 4.90 Å². The van der Waals surface area contributed by atoms with Crippen LogP contribution in [0.15, 0.2) is 24.3 Å². The van der Waals surface area contributed by atoms with Gasteiger partial charge in [0.2, 0.25) is 0 Å². The molecule has 0 aliphatic heterocycles. The van der Waals surface area contributed by atoms with Crippen molar-refractivity contribution in [3.05, 3.63) is 24.3 Å². The van der Waals surface area contributed by atoms with Gasteiger partial charge in [-0.2, -0.15) is 0 Å². The van der Waals surface area contributed by atoms with Gasteiger partial charge in [-0.25, -0.2) is 0 Å².